The van der Waals surface area contributed by atoms with Gasteiger partial charge in [-0.25, -0.2) is 0 Å². The minimum atomic E-state index is -0.319. The fourth-order valence-corrected chi connectivity index (χ4v) is 1.39. The number of esters is 1. The molecule has 5 heteroatoms. The molecule has 0 heterocycles. The molecule has 0 saturated carbocycles. The standard InChI is InChI=1S/C9H10O3.C7H8O2/c1-7(10)12-9-5-3-8(11-2)4-6-9;1-9-7-4-2-6(8)3-5-7/h3-6H,1-2H3;2-5,8H,1H3. The number of phenols is 1. The van der Waals surface area contributed by atoms with Gasteiger partial charge in [0.15, 0.2) is 0 Å². The van der Waals surface area contributed by atoms with Crippen LogP contribution >= 0.6 is 0 Å². The van der Waals surface area contributed by atoms with E-state index in [1.807, 2.05) is 0 Å². The van der Waals surface area contributed by atoms with E-state index in [2.05, 4.69) is 0 Å². The van der Waals surface area contributed by atoms with Crippen LogP contribution in [-0.4, -0.2) is 25.3 Å². The molecule has 2 rings (SSSR count). The van der Waals surface area contributed by atoms with E-state index in [1.165, 1.54) is 6.92 Å². The zero-order chi connectivity index (χ0) is 15.7. The van der Waals surface area contributed by atoms with Gasteiger partial charge in [0.25, 0.3) is 0 Å². The van der Waals surface area contributed by atoms with E-state index in [-0.39, 0.29) is 11.7 Å². The van der Waals surface area contributed by atoms with E-state index in [9.17, 15) is 4.79 Å². The number of hydrogen-bond acceptors (Lipinski definition) is 5. The molecule has 0 aliphatic rings. The highest BCUT2D eigenvalue weighted by Gasteiger charge is 1.96. The number of carbonyl (C=O) groups is 1. The summed E-state index contributed by atoms with van der Waals surface area (Å²) in [7, 11) is 3.17. The smallest absolute Gasteiger partial charge is 0.308 e. The summed E-state index contributed by atoms with van der Waals surface area (Å²) in [5.41, 5.74) is 0. The average Bonchev–Trinajstić information content (AvgIpc) is 2.49. The van der Waals surface area contributed by atoms with Gasteiger partial charge < -0.3 is 19.3 Å². The number of hydrogen-bond donors (Lipinski definition) is 1. The molecule has 0 saturated heterocycles. The fourth-order valence-electron chi connectivity index (χ4n) is 1.39. The van der Waals surface area contributed by atoms with Gasteiger partial charge in [-0.05, 0) is 48.5 Å². The highest BCUT2D eigenvalue weighted by atomic mass is 16.5. The number of aromatic hydroxyl groups is 1. The van der Waals surface area contributed by atoms with Crippen LogP contribution in [0.3, 0.4) is 0 Å². The lowest BCUT2D eigenvalue weighted by Gasteiger charge is -2.01. The van der Waals surface area contributed by atoms with E-state index in [4.69, 9.17) is 19.3 Å². The Morgan fingerprint density at radius 3 is 1.57 bits per heavy atom. The van der Waals surface area contributed by atoms with Crippen LogP contribution in [0.1, 0.15) is 6.92 Å². The van der Waals surface area contributed by atoms with Crippen molar-refractivity contribution < 1.29 is 24.1 Å². The Kier molecular flexibility index (Phi) is 6.60. The first-order valence-electron chi connectivity index (χ1n) is 6.20. The lowest BCUT2D eigenvalue weighted by atomic mass is 10.3. The SMILES string of the molecule is COc1ccc(O)cc1.COc1ccc(OC(C)=O)cc1. The minimum absolute atomic E-state index is 0.260. The summed E-state index contributed by atoms with van der Waals surface area (Å²) in [6.07, 6.45) is 0. The second-order valence-electron chi connectivity index (χ2n) is 3.97. The van der Waals surface area contributed by atoms with Crippen molar-refractivity contribution >= 4 is 5.97 Å². The van der Waals surface area contributed by atoms with Crippen molar-refractivity contribution in [1.29, 1.82) is 0 Å². The number of benzene rings is 2. The van der Waals surface area contributed by atoms with Gasteiger partial charge in [-0.2, -0.15) is 0 Å². The normalized spacial score (nSPS) is 9.10. The van der Waals surface area contributed by atoms with Crippen LogP contribution in [0.25, 0.3) is 0 Å². The molecule has 5 nitrogen and oxygen atoms in total. The molecule has 0 fully saturated rings. The predicted molar refractivity (Wildman–Crippen MR) is 79.0 cm³/mol. The summed E-state index contributed by atoms with van der Waals surface area (Å²) < 4.78 is 14.6. The van der Waals surface area contributed by atoms with Crippen molar-refractivity contribution in [3.63, 3.8) is 0 Å². The summed E-state index contributed by atoms with van der Waals surface area (Å²) >= 11 is 0. The second-order valence-corrected chi connectivity index (χ2v) is 3.97. The van der Waals surface area contributed by atoms with Crippen LogP contribution < -0.4 is 14.2 Å². The predicted octanol–water partition coefficient (Wildman–Crippen LogP) is 3.02. The molecular weight excluding hydrogens is 272 g/mol. The van der Waals surface area contributed by atoms with Gasteiger partial charge in [0, 0.05) is 6.92 Å². The summed E-state index contributed by atoms with van der Waals surface area (Å²) in [4.78, 5) is 10.5. The highest BCUT2D eigenvalue weighted by Crippen LogP contribution is 2.16. The van der Waals surface area contributed by atoms with Gasteiger partial charge in [-0.3, -0.25) is 4.79 Å². The van der Waals surface area contributed by atoms with Crippen LogP contribution in [0, 0.1) is 0 Å². The van der Waals surface area contributed by atoms with Crippen LogP contribution in [0.5, 0.6) is 23.0 Å². The number of ether oxygens (including phenoxy) is 3. The van der Waals surface area contributed by atoms with Gasteiger partial charge in [0.05, 0.1) is 14.2 Å². The maximum absolute atomic E-state index is 10.5. The van der Waals surface area contributed by atoms with Gasteiger partial charge in [-0.1, -0.05) is 0 Å². The Bertz CT molecular complexity index is 546. The molecule has 2 aromatic rings. The second kappa shape index (κ2) is 8.47. The van der Waals surface area contributed by atoms with E-state index >= 15 is 0 Å². The van der Waals surface area contributed by atoms with Crippen LogP contribution in [-0.2, 0) is 4.79 Å². The van der Waals surface area contributed by atoms with Gasteiger partial charge in [0.1, 0.15) is 23.0 Å². The molecule has 21 heavy (non-hydrogen) atoms. The van der Waals surface area contributed by atoms with Crippen LogP contribution in [0.15, 0.2) is 48.5 Å². The number of phenolic OH excluding ortho intramolecular Hbond substituents is 1. The highest BCUT2D eigenvalue weighted by molar-refractivity contribution is 5.69. The van der Waals surface area contributed by atoms with E-state index < -0.39 is 0 Å². The maximum Gasteiger partial charge on any atom is 0.308 e. The first-order valence-corrected chi connectivity index (χ1v) is 6.20. The molecule has 0 atom stereocenters. The molecule has 0 bridgehead atoms. The topological polar surface area (TPSA) is 65.0 Å². The van der Waals surface area contributed by atoms with Crippen molar-refractivity contribution in [2.45, 2.75) is 6.92 Å². The Morgan fingerprint density at radius 1 is 0.810 bits per heavy atom. The lowest BCUT2D eigenvalue weighted by molar-refractivity contribution is -0.131. The Labute approximate surface area is 123 Å². The van der Waals surface area contributed by atoms with Crippen molar-refractivity contribution in [1.82, 2.24) is 0 Å². The minimum Gasteiger partial charge on any atom is -0.508 e. The van der Waals surface area contributed by atoms with E-state index in [1.54, 1.807) is 62.8 Å². The van der Waals surface area contributed by atoms with Crippen molar-refractivity contribution in [2.75, 3.05) is 14.2 Å². The van der Waals surface area contributed by atoms with Gasteiger partial charge in [0.2, 0.25) is 0 Å². The third-order valence-electron chi connectivity index (χ3n) is 2.39. The molecule has 0 unspecified atom stereocenters. The summed E-state index contributed by atoms with van der Waals surface area (Å²) in [6, 6.07) is 13.4. The first kappa shape index (κ1) is 16.4. The quantitative estimate of drug-likeness (QED) is 0.695. The first-order chi connectivity index (χ1) is 10.0. The maximum atomic E-state index is 10.5. The Morgan fingerprint density at radius 2 is 1.19 bits per heavy atom. The Hall–Kier alpha value is -2.69. The zero-order valence-electron chi connectivity index (χ0n) is 12.2. The zero-order valence-corrected chi connectivity index (χ0v) is 12.2. The van der Waals surface area contributed by atoms with E-state index in [0.717, 1.165) is 11.5 Å². The third-order valence-corrected chi connectivity index (χ3v) is 2.39. The fraction of sp³-hybridized carbons (Fsp3) is 0.188. The van der Waals surface area contributed by atoms with Crippen molar-refractivity contribution in [3.05, 3.63) is 48.5 Å². The number of methoxy groups -OCH3 is 2. The molecule has 2 aromatic carbocycles. The molecular formula is C16H18O5. The molecule has 112 valence electrons. The average molecular weight is 290 g/mol. The summed E-state index contributed by atoms with van der Waals surface area (Å²) in [6.45, 7) is 1.37. The lowest BCUT2D eigenvalue weighted by Crippen LogP contribution is -2.00. The largest absolute Gasteiger partial charge is 0.508 e. The molecule has 0 aromatic heterocycles. The van der Waals surface area contributed by atoms with Crippen molar-refractivity contribution in [2.24, 2.45) is 0 Å². The van der Waals surface area contributed by atoms with E-state index in [0.29, 0.717) is 5.75 Å². The molecule has 0 spiro atoms. The summed E-state index contributed by atoms with van der Waals surface area (Å²) in [5.74, 6) is 1.97. The molecule has 1 N–H and O–H groups in total. The molecule has 0 amide bonds. The van der Waals surface area contributed by atoms with Crippen molar-refractivity contribution in [3.8, 4) is 23.0 Å². The summed E-state index contributed by atoms with van der Waals surface area (Å²) in [5, 5.41) is 8.80. The van der Waals surface area contributed by atoms with Gasteiger partial charge >= 0.3 is 5.97 Å². The van der Waals surface area contributed by atoms with Crippen LogP contribution in [0.2, 0.25) is 0 Å². The molecule has 0 aliphatic heterocycles. The van der Waals surface area contributed by atoms with Gasteiger partial charge in [-0.15, -0.1) is 0 Å². The molecule has 0 aliphatic carbocycles. The monoisotopic (exact) mass is 290 g/mol. The Balaban J connectivity index is 0.000000219. The number of rotatable bonds is 3. The molecule has 0 radical (unpaired) electrons. The third kappa shape index (κ3) is 6.33. The number of carbonyl (C=O) groups excluding carboxylic acids is 1. The van der Waals surface area contributed by atoms with Crippen LogP contribution in [0.4, 0.5) is 0 Å².